The van der Waals surface area contributed by atoms with Gasteiger partial charge in [-0.1, -0.05) is 0 Å². The molecule has 2 rings (SSSR count). The quantitative estimate of drug-likeness (QED) is 0.682. The highest BCUT2D eigenvalue weighted by Crippen LogP contribution is 2.26. The molecule has 74 valence electrons. The van der Waals surface area contributed by atoms with E-state index in [9.17, 15) is 4.79 Å². The number of nitrogens with zero attached hydrogens (tertiary/aromatic N) is 2. The Morgan fingerprint density at radius 1 is 1.50 bits per heavy atom. The molecule has 0 atom stereocenters. The van der Waals surface area contributed by atoms with Crippen LogP contribution in [0.1, 0.15) is 29.6 Å². The second-order valence-corrected chi connectivity index (χ2v) is 3.76. The van der Waals surface area contributed by atoms with Crippen LogP contribution in [0.5, 0.6) is 0 Å². The van der Waals surface area contributed by atoms with Gasteiger partial charge in [-0.15, -0.1) is 0 Å². The monoisotopic (exact) mass is 190 g/mol. The first-order chi connectivity index (χ1) is 6.81. The fraction of sp³-hybridized carbons (Fsp3) is 0.455. The molecule has 1 aliphatic carbocycles. The Labute approximate surface area is 83.8 Å². The maximum absolute atomic E-state index is 10.4. The number of aldehydes is 1. The van der Waals surface area contributed by atoms with Crippen LogP contribution < -0.4 is 4.90 Å². The van der Waals surface area contributed by atoms with Crippen LogP contribution in [0.15, 0.2) is 18.3 Å². The zero-order valence-electron chi connectivity index (χ0n) is 8.31. The summed E-state index contributed by atoms with van der Waals surface area (Å²) in [6.07, 6.45) is 6.28. The first-order valence-electron chi connectivity index (χ1n) is 4.95. The van der Waals surface area contributed by atoms with Crippen LogP contribution in [0.4, 0.5) is 5.82 Å². The second-order valence-electron chi connectivity index (χ2n) is 3.76. The molecule has 1 fully saturated rings. The summed E-state index contributed by atoms with van der Waals surface area (Å²) in [6, 6.07) is 4.36. The highest BCUT2D eigenvalue weighted by Gasteiger charge is 2.22. The van der Waals surface area contributed by atoms with E-state index >= 15 is 0 Å². The molecule has 14 heavy (non-hydrogen) atoms. The van der Waals surface area contributed by atoms with Crippen LogP contribution in [0.3, 0.4) is 0 Å². The van der Waals surface area contributed by atoms with Crippen LogP contribution in [-0.2, 0) is 0 Å². The average Bonchev–Trinajstić information content (AvgIpc) is 2.15. The van der Waals surface area contributed by atoms with Gasteiger partial charge < -0.3 is 4.90 Å². The maximum Gasteiger partial charge on any atom is 0.151 e. The van der Waals surface area contributed by atoms with E-state index in [-0.39, 0.29) is 0 Å². The third-order valence-corrected chi connectivity index (χ3v) is 2.89. The van der Waals surface area contributed by atoms with Gasteiger partial charge in [-0.05, 0) is 31.4 Å². The number of carbonyl (C=O) groups is 1. The molecule has 1 aromatic rings. The van der Waals surface area contributed by atoms with Crippen molar-refractivity contribution >= 4 is 12.1 Å². The molecule has 0 N–H and O–H groups in total. The van der Waals surface area contributed by atoms with E-state index in [4.69, 9.17) is 0 Å². The molecule has 0 aliphatic heterocycles. The standard InChI is InChI=1S/C11H14N2O/c1-13(10-3-2-4-10)11-6-5-9(8-14)7-12-11/h5-8,10H,2-4H2,1H3. The van der Waals surface area contributed by atoms with Gasteiger partial charge in [0.1, 0.15) is 5.82 Å². The first kappa shape index (κ1) is 9.19. The Hall–Kier alpha value is -1.38. The highest BCUT2D eigenvalue weighted by atomic mass is 16.1. The summed E-state index contributed by atoms with van der Waals surface area (Å²) in [6.45, 7) is 0. The van der Waals surface area contributed by atoms with Gasteiger partial charge in [0.15, 0.2) is 6.29 Å². The Morgan fingerprint density at radius 2 is 2.29 bits per heavy atom. The van der Waals surface area contributed by atoms with E-state index in [1.807, 2.05) is 12.1 Å². The normalized spacial score (nSPS) is 16.1. The first-order valence-corrected chi connectivity index (χ1v) is 4.95. The van der Waals surface area contributed by atoms with Crippen molar-refractivity contribution in [3.63, 3.8) is 0 Å². The number of pyridine rings is 1. The Morgan fingerprint density at radius 3 is 2.71 bits per heavy atom. The molecule has 0 unspecified atom stereocenters. The van der Waals surface area contributed by atoms with Crippen molar-refractivity contribution in [2.75, 3.05) is 11.9 Å². The van der Waals surface area contributed by atoms with Crippen molar-refractivity contribution in [2.45, 2.75) is 25.3 Å². The van der Waals surface area contributed by atoms with Crippen molar-refractivity contribution in [1.82, 2.24) is 4.98 Å². The van der Waals surface area contributed by atoms with E-state index in [0.29, 0.717) is 11.6 Å². The van der Waals surface area contributed by atoms with Gasteiger partial charge >= 0.3 is 0 Å². The number of aromatic nitrogens is 1. The summed E-state index contributed by atoms with van der Waals surface area (Å²) < 4.78 is 0. The van der Waals surface area contributed by atoms with Crippen molar-refractivity contribution in [3.05, 3.63) is 23.9 Å². The lowest BCUT2D eigenvalue weighted by molar-refractivity contribution is 0.112. The van der Waals surface area contributed by atoms with E-state index in [1.54, 1.807) is 6.20 Å². The molecule has 0 radical (unpaired) electrons. The van der Waals surface area contributed by atoms with Crippen molar-refractivity contribution in [2.24, 2.45) is 0 Å². The van der Waals surface area contributed by atoms with Crippen LogP contribution in [-0.4, -0.2) is 24.4 Å². The summed E-state index contributed by atoms with van der Waals surface area (Å²) in [5, 5.41) is 0. The molecule has 1 aliphatic rings. The number of hydrogen-bond donors (Lipinski definition) is 0. The number of hydrogen-bond acceptors (Lipinski definition) is 3. The topological polar surface area (TPSA) is 33.2 Å². The van der Waals surface area contributed by atoms with Crippen LogP contribution in [0, 0.1) is 0 Å². The molecule has 1 saturated carbocycles. The summed E-state index contributed by atoms with van der Waals surface area (Å²) >= 11 is 0. The minimum absolute atomic E-state index is 0.635. The van der Waals surface area contributed by atoms with E-state index in [1.165, 1.54) is 19.3 Å². The van der Waals surface area contributed by atoms with Crippen LogP contribution in [0.2, 0.25) is 0 Å². The summed E-state index contributed by atoms with van der Waals surface area (Å²) in [4.78, 5) is 16.9. The van der Waals surface area contributed by atoms with Gasteiger partial charge in [0.05, 0.1) is 0 Å². The molecule has 0 amide bonds. The third kappa shape index (κ3) is 1.62. The fourth-order valence-electron chi connectivity index (χ4n) is 1.64. The van der Waals surface area contributed by atoms with Crippen LogP contribution in [0.25, 0.3) is 0 Å². The maximum atomic E-state index is 10.4. The molecule has 0 spiro atoms. The molecule has 0 aromatic carbocycles. The highest BCUT2D eigenvalue weighted by molar-refractivity contribution is 5.74. The van der Waals surface area contributed by atoms with Crippen molar-refractivity contribution in [1.29, 1.82) is 0 Å². The largest absolute Gasteiger partial charge is 0.357 e. The Kier molecular flexibility index (Phi) is 2.48. The molecule has 1 aromatic heterocycles. The summed E-state index contributed by atoms with van der Waals surface area (Å²) in [5.74, 6) is 0.959. The molecule has 0 saturated heterocycles. The zero-order valence-corrected chi connectivity index (χ0v) is 8.31. The molecular weight excluding hydrogens is 176 g/mol. The number of carbonyl (C=O) groups excluding carboxylic acids is 1. The van der Waals surface area contributed by atoms with Gasteiger partial charge in [-0.25, -0.2) is 4.98 Å². The zero-order chi connectivity index (χ0) is 9.97. The van der Waals surface area contributed by atoms with Gasteiger partial charge in [0.25, 0.3) is 0 Å². The van der Waals surface area contributed by atoms with Gasteiger partial charge in [-0.3, -0.25) is 4.79 Å². The lowest BCUT2D eigenvalue weighted by atomic mass is 9.92. The molecule has 0 bridgehead atoms. The SMILES string of the molecule is CN(c1ccc(C=O)cn1)C1CCC1. The van der Waals surface area contributed by atoms with E-state index in [0.717, 1.165) is 12.1 Å². The average molecular weight is 190 g/mol. The lowest BCUT2D eigenvalue weighted by Crippen LogP contribution is -2.37. The predicted molar refractivity (Wildman–Crippen MR) is 55.7 cm³/mol. The smallest absolute Gasteiger partial charge is 0.151 e. The second kappa shape index (κ2) is 3.78. The predicted octanol–water partition coefficient (Wildman–Crippen LogP) is 1.88. The van der Waals surface area contributed by atoms with Gasteiger partial charge in [0.2, 0.25) is 0 Å². The summed E-state index contributed by atoms with van der Waals surface area (Å²) in [5.41, 5.74) is 0.635. The van der Waals surface area contributed by atoms with Crippen LogP contribution >= 0.6 is 0 Å². The lowest BCUT2D eigenvalue weighted by Gasteiger charge is -2.35. The minimum atomic E-state index is 0.635. The fourth-order valence-corrected chi connectivity index (χ4v) is 1.64. The molecule has 1 heterocycles. The Balaban J connectivity index is 2.11. The van der Waals surface area contributed by atoms with E-state index < -0.39 is 0 Å². The number of anilines is 1. The molecule has 3 nitrogen and oxygen atoms in total. The molecular formula is C11H14N2O. The summed E-state index contributed by atoms with van der Waals surface area (Å²) in [7, 11) is 2.06. The van der Waals surface area contributed by atoms with E-state index in [2.05, 4.69) is 16.9 Å². The van der Waals surface area contributed by atoms with Gasteiger partial charge in [-0.2, -0.15) is 0 Å². The van der Waals surface area contributed by atoms with Crippen molar-refractivity contribution in [3.8, 4) is 0 Å². The molecule has 3 heteroatoms. The van der Waals surface area contributed by atoms with Gasteiger partial charge in [0, 0.05) is 24.8 Å². The number of rotatable bonds is 3. The minimum Gasteiger partial charge on any atom is -0.357 e. The van der Waals surface area contributed by atoms with Crippen molar-refractivity contribution < 1.29 is 4.79 Å². The third-order valence-electron chi connectivity index (χ3n) is 2.89. The Bertz CT molecular complexity index is 317.